The van der Waals surface area contributed by atoms with Crippen molar-refractivity contribution in [2.75, 3.05) is 14.2 Å². The van der Waals surface area contributed by atoms with Crippen LogP contribution >= 0.6 is 0 Å². The fourth-order valence-electron chi connectivity index (χ4n) is 1.75. The average molecular weight is 342 g/mol. The second-order valence-corrected chi connectivity index (χ2v) is 11.8. The number of hydroxylamine groups is 2. The number of hydrogen-bond acceptors (Lipinski definition) is 4. The van der Waals surface area contributed by atoms with Gasteiger partial charge in [-0.15, -0.1) is 0 Å². The molecule has 0 N–H and O–H groups in total. The Morgan fingerprint density at radius 2 is 2.00 bits per heavy atom. The average Bonchev–Trinajstić information content (AvgIpc) is 2.44. The van der Waals surface area contributed by atoms with Gasteiger partial charge in [0, 0.05) is 18.8 Å². The molecule has 0 aliphatic heterocycles. The zero-order valence-electron chi connectivity index (χ0n) is 15.0. The number of pyridine rings is 1. The Kier molecular flexibility index (Phi) is 6.44. The molecule has 0 spiro atoms. The van der Waals surface area contributed by atoms with Gasteiger partial charge in [0.25, 0.3) is 0 Å². The van der Waals surface area contributed by atoms with Crippen LogP contribution in [0.5, 0.6) is 0 Å². The molecule has 0 radical (unpaired) electrons. The summed E-state index contributed by atoms with van der Waals surface area (Å²) in [5.41, 5.74) is 0.563. The highest BCUT2D eigenvalue weighted by Crippen LogP contribution is 2.40. The van der Waals surface area contributed by atoms with Crippen LogP contribution in [0.1, 0.15) is 38.9 Å². The summed E-state index contributed by atoms with van der Waals surface area (Å²) in [5, 5.41) is 1.12. The summed E-state index contributed by atoms with van der Waals surface area (Å²) in [7, 11) is 0.817. The van der Waals surface area contributed by atoms with Crippen LogP contribution < -0.4 is 0 Å². The summed E-state index contributed by atoms with van der Waals surface area (Å²) in [6.45, 7) is 10.5. The molecule has 0 bridgehead atoms. The van der Waals surface area contributed by atoms with Crippen molar-refractivity contribution in [2.45, 2.75) is 51.4 Å². The van der Waals surface area contributed by atoms with Crippen molar-refractivity contribution < 1.29 is 18.4 Å². The predicted molar refractivity (Wildman–Crippen MR) is 89.6 cm³/mol. The Bertz CT molecular complexity index is 546. The lowest BCUT2D eigenvalue weighted by Gasteiger charge is -2.39. The minimum Gasteiger partial charge on any atom is -0.409 e. The summed E-state index contributed by atoms with van der Waals surface area (Å²) in [6, 6.07) is 1.37. The summed E-state index contributed by atoms with van der Waals surface area (Å²) < 4.78 is 19.9. The zero-order chi connectivity index (χ0) is 17.8. The Morgan fingerprint density at radius 3 is 2.48 bits per heavy atom. The van der Waals surface area contributed by atoms with Crippen LogP contribution in [0.2, 0.25) is 18.1 Å². The second-order valence-electron chi connectivity index (χ2n) is 7.08. The highest BCUT2D eigenvalue weighted by molar-refractivity contribution is 6.74. The van der Waals surface area contributed by atoms with Crippen LogP contribution in [-0.2, 0) is 14.1 Å². The number of halogens is 1. The monoisotopic (exact) mass is 342 g/mol. The van der Waals surface area contributed by atoms with E-state index in [0.29, 0.717) is 5.56 Å². The van der Waals surface area contributed by atoms with E-state index in [4.69, 9.17) is 9.26 Å². The van der Waals surface area contributed by atoms with E-state index in [1.54, 1.807) is 6.20 Å². The first kappa shape index (κ1) is 19.7. The molecule has 0 aromatic carbocycles. The molecule has 7 heteroatoms. The van der Waals surface area contributed by atoms with Crippen LogP contribution in [0.4, 0.5) is 4.39 Å². The van der Waals surface area contributed by atoms with Crippen molar-refractivity contribution in [2.24, 2.45) is 0 Å². The van der Waals surface area contributed by atoms with Gasteiger partial charge in [-0.3, -0.25) is 14.6 Å². The molecule has 1 aromatic heterocycles. The van der Waals surface area contributed by atoms with E-state index in [-0.39, 0.29) is 17.4 Å². The highest BCUT2D eigenvalue weighted by Gasteiger charge is 2.40. The fraction of sp³-hybridized carbons (Fsp3) is 0.625. The van der Waals surface area contributed by atoms with Gasteiger partial charge in [0.2, 0.25) is 5.91 Å². The third-order valence-corrected chi connectivity index (χ3v) is 8.81. The smallest absolute Gasteiger partial charge is 0.248 e. The molecule has 1 amide bonds. The largest absolute Gasteiger partial charge is 0.409 e. The minimum atomic E-state index is -2.14. The molecular weight excluding hydrogens is 315 g/mol. The first-order chi connectivity index (χ1) is 10.5. The first-order valence-electron chi connectivity index (χ1n) is 7.57. The van der Waals surface area contributed by atoms with E-state index >= 15 is 0 Å². The van der Waals surface area contributed by atoms with Crippen molar-refractivity contribution in [3.63, 3.8) is 0 Å². The number of rotatable bonds is 6. The lowest BCUT2D eigenvalue weighted by atomic mass is 10.1. The second kappa shape index (κ2) is 7.50. The molecule has 1 unspecified atom stereocenters. The SMILES string of the molecule is CON(C)C(=O)CC(O[Si](C)(C)C(C)(C)C)c1cncc(F)c1. The van der Waals surface area contributed by atoms with Gasteiger partial charge < -0.3 is 4.43 Å². The third kappa shape index (κ3) is 5.37. The summed E-state index contributed by atoms with van der Waals surface area (Å²) >= 11 is 0. The number of amides is 1. The molecule has 0 fully saturated rings. The van der Waals surface area contributed by atoms with Gasteiger partial charge in [0.05, 0.1) is 25.8 Å². The molecule has 1 atom stereocenters. The Balaban J connectivity index is 3.09. The van der Waals surface area contributed by atoms with Crippen molar-refractivity contribution in [3.05, 3.63) is 29.8 Å². The molecule has 0 aliphatic rings. The lowest BCUT2D eigenvalue weighted by Crippen LogP contribution is -2.42. The van der Waals surface area contributed by atoms with Gasteiger partial charge in [0.1, 0.15) is 5.82 Å². The van der Waals surface area contributed by atoms with Crippen LogP contribution in [0.15, 0.2) is 18.5 Å². The van der Waals surface area contributed by atoms with Gasteiger partial charge in [-0.1, -0.05) is 20.8 Å². The maximum atomic E-state index is 13.5. The summed E-state index contributed by atoms with van der Waals surface area (Å²) in [4.78, 5) is 21.0. The van der Waals surface area contributed by atoms with Crippen molar-refractivity contribution in [1.29, 1.82) is 0 Å². The predicted octanol–water partition coefficient (Wildman–Crippen LogP) is 3.69. The van der Waals surface area contributed by atoms with Crippen LogP contribution in [0, 0.1) is 5.82 Å². The topological polar surface area (TPSA) is 51.7 Å². The Hall–Kier alpha value is -1.31. The van der Waals surface area contributed by atoms with Gasteiger partial charge in [-0.2, -0.15) is 0 Å². The molecule has 1 heterocycles. The van der Waals surface area contributed by atoms with Gasteiger partial charge in [-0.25, -0.2) is 9.45 Å². The van der Waals surface area contributed by atoms with Crippen molar-refractivity contribution >= 4 is 14.2 Å². The third-order valence-electron chi connectivity index (χ3n) is 4.33. The molecular formula is C16H27FN2O3Si. The number of carbonyl (C=O) groups excluding carboxylic acids is 1. The summed E-state index contributed by atoms with van der Waals surface area (Å²) in [5.74, 6) is -0.681. The first-order valence-corrected chi connectivity index (χ1v) is 10.5. The highest BCUT2D eigenvalue weighted by atomic mass is 28.4. The maximum absolute atomic E-state index is 13.5. The molecule has 130 valence electrons. The van der Waals surface area contributed by atoms with Gasteiger partial charge >= 0.3 is 0 Å². The molecule has 5 nitrogen and oxygen atoms in total. The normalized spacial score (nSPS) is 13.7. The molecule has 0 saturated heterocycles. The Labute approximate surface area is 138 Å². The summed E-state index contributed by atoms with van der Waals surface area (Å²) in [6.07, 6.45) is 2.20. The van der Waals surface area contributed by atoms with Crippen LogP contribution in [0.3, 0.4) is 0 Å². The molecule has 23 heavy (non-hydrogen) atoms. The molecule has 1 aromatic rings. The van der Waals surface area contributed by atoms with Crippen LogP contribution in [0.25, 0.3) is 0 Å². The quantitative estimate of drug-likeness (QED) is 0.584. The zero-order valence-corrected chi connectivity index (χ0v) is 16.0. The molecule has 0 saturated carbocycles. The number of nitrogens with zero attached hydrogens (tertiary/aromatic N) is 2. The molecule has 0 aliphatic carbocycles. The minimum absolute atomic E-state index is 0.0256. The lowest BCUT2D eigenvalue weighted by molar-refractivity contribution is -0.170. The van der Waals surface area contributed by atoms with E-state index in [1.807, 2.05) is 0 Å². The molecule has 1 rings (SSSR count). The standard InChI is InChI=1S/C16H27FN2O3Si/c1-16(2,3)23(6,7)22-14(9-15(20)19(4)21-5)12-8-13(17)11-18-10-12/h8,10-11,14H,9H2,1-7H3. The van der Waals surface area contributed by atoms with E-state index in [1.165, 1.54) is 20.2 Å². The van der Waals surface area contributed by atoms with E-state index in [2.05, 4.69) is 38.8 Å². The van der Waals surface area contributed by atoms with E-state index < -0.39 is 20.2 Å². The maximum Gasteiger partial charge on any atom is 0.248 e. The van der Waals surface area contributed by atoms with E-state index in [0.717, 1.165) is 11.3 Å². The van der Waals surface area contributed by atoms with Gasteiger partial charge in [0.15, 0.2) is 8.32 Å². The Morgan fingerprint density at radius 1 is 1.39 bits per heavy atom. The van der Waals surface area contributed by atoms with Crippen LogP contribution in [-0.4, -0.2) is 38.4 Å². The number of hydrogen-bond donors (Lipinski definition) is 0. The van der Waals surface area contributed by atoms with Crippen molar-refractivity contribution in [1.82, 2.24) is 10.0 Å². The number of carbonyl (C=O) groups is 1. The van der Waals surface area contributed by atoms with Gasteiger partial charge in [-0.05, 0) is 24.2 Å². The number of aromatic nitrogens is 1. The van der Waals surface area contributed by atoms with E-state index in [9.17, 15) is 9.18 Å². The van der Waals surface area contributed by atoms with Crippen molar-refractivity contribution in [3.8, 4) is 0 Å². The fourth-order valence-corrected chi connectivity index (χ4v) is 3.04.